The predicted octanol–water partition coefficient (Wildman–Crippen LogP) is -0.573. The Morgan fingerprint density at radius 2 is 2.11 bits per heavy atom. The molecule has 18 heavy (non-hydrogen) atoms. The first kappa shape index (κ1) is 14.2. The number of carbonyl (C=O) groups is 2. The number of carbonyl (C=O) groups excluding carboxylic acids is 1. The third-order valence-corrected chi connectivity index (χ3v) is 2.40. The average Bonchev–Trinajstić information content (AvgIpc) is 2.76. The molecule has 0 radical (unpaired) electrons. The Hall–Kier alpha value is -1.89. The molecule has 0 bridgehead atoms. The van der Waals surface area contributed by atoms with Gasteiger partial charge >= 0.3 is 5.97 Å². The van der Waals surface area contributed by atoms with E-state index in [-0.39, 0.29) is 18.9 Å². The van der Waals surface area contributed by atoms with Crippen LogP contribution in [0.5, 0.6) is 0 Å². The Labute approximate surface area is 105 Å². The normalized spacial score (nSPS) is 10.6. The summed E-state index contributed by atoms with van der Waals surface area (Å²) in [6.07, 6.45) is 1.70. The molecule has 0 unspecified atom stereocenters. The largest absolute Gasteiger partial charge is 0.480 e. The number of aliphatic carboxylic acids is 1. The molecule has 0 fully saturated rings. The number of likely N-dealkylation sites (N-methyl/N-ethyl adjacent to an activating group) is 1. The van der Waals surface area contributed by atoms with Crippen molar-refractivity contribution in [3.63, 3.8) is 0 Å². The lowest BCUT2D eigenvalue weighted by molar-refractivity contribution is -0.144. The van der Waals surface area contributed by atoms with Crippen molar-refractivity contribution >= 4 is 11.9 Å². The minimum atomic E-state index is -1.01. The van der Waals surface area contributed by atoms with E-state index in [4.69, 9.17) is 5.11 Å². The van der Waals surface area contributed by atoms with Gasteiger partial charge in [-0.05, 0) is 20.2 Å². The van der Waals surface area contributed by atoms with Gasteiger partial charge in [0, 0.05) is 25.0 Å². The number of nitrogens with zero attached hydrogens (tertiary/aromatic N) is 3. The van der Waals surface area contributed by atoms with Crippen LogP contribution in [0.1, 0.15) is 5.69 Å². The van der Waals surface area contributed by atoms with E-state index < -0.39 is 5.97 Å². The number of aromatic amines is 1. The van der Waals surface area contributed by atoms with Gasteiger partial charge in [0.1, 0.15) is 6.54 Å². The Balaban J connectivity index is 2.57. The molecule has 1 rings (SSSR count). The quantitative estimate of drug-likeness (QED) is 0.680. The second kappa shape index (κ2) is 6.75. The summed E-state index contributed by atoms with van der Waals surface area (Å²) in [6.45, 7) is 0.745. The molecule has 0 atom stereocenters. The summed E-state index contributed by atoms with van der Waals surface area (Å²) in [5.74, 6) is -1.23. The molecular formula is C11H18N4O3. The van der Waals surface area contributed by atoms with Crippen molar-refractivity contribution in [2.75, 3.05) is 33.7 Å². The molecular weight excluding hydrogens is 236 g/mol. The smallest absolute Gasteiger partial charge is 0.323 e. The molecule has 1 heterocycles. The highest BCUT2D eigenvalue weighted by atomic mass is 16.4. The number of carboxylic acids is 1. The third kappa shape index (κ3) is 4.96. The average molecular weight is 254 g/mol. The van der Waals surface area contributed by atoms with Crippen LogP contribution in [-0.2, 0) is 16.0 Å². The maximum atomic E-state index is 12.0. The van der Waals surface area contributed by atoms with E-state index in [1.807, 2.05) is 19.0 Å². The Morgan fingerprint density at radius 1 is 1.39 bits per heavy atom. The molecule has 7 heteroatoms. The van der Waals surface area contributed by atoms with Crippen molar-refractivity contribution in [3.05, 3.63) is 18.0 Å². The lowest BCUT2D eigenvalue weighted by atomic mass is 10.2. The topological polar surface area (TPSA) is 89.5 Å². The SMILES string of the molecule is CN(C)CCN(CC(=O)O)C(=O)Cc1ccn[nH]1. The van der Waals surface area contributed by atoms with Gasteiger partial charge in [-0.25, -0.2) is 0 Å². The summed E-state index contributed by atoms with van der Waals surface area (Å²) < 4.78 is 0. The molecule has 1 amide bonds. The van der Waals surface area contributed by atoms with Crippen LogP contribution in [0.2, 0.25) is 0 Å². The van der Waals surface area contributed by atoms with Crippen LogP contribution in [0.15, 0.2) is 12.3 Å². The van der Waals surface area contributed by atoms with Crippen molar-refractivity contribution in [1.29, 1.82) is 0 Å². The van der Waals surface area contributed by atoms with E-state index in [1.54, 1.807) is 12.3 Å². The third-order valence-electron chi connectivity index (χ3n) is 2.40. The summed E-state index contributed by atoms with van der Waals surface area (Å²) in [5, 5.41) is 15.2. The molecule has 7 nitrogen and oxygen atoms in total. The van der Waals surface area contributed by atoms with E-state index >= 15 is 0 Å². The van der Waals surface area contributed by atoms with Crippen LogP contribution >= 0.6 is 0 Å². The zero-order valence-electron chi connectivity index (χ0n) is 10.6. The zero-order chi connectivity index (χ0) is 13.5. The summed E-state index contributed by atoms with van der Waals surface area (Å²) in [4.78, 5) is 25.9. The van der Waals surface area contributed by atoms with E-state index in [2.05, 4.69) is 10.2 Å². The summed E-state index contributed by atoms with van der Waals surface area (Å²) in [6, 6.07) is 1.70. The summed E-state index contributed by atoms with van der Waals surface area (Å²) >= 11 is 0. The fourth-order valence-electron chi connectivity index (χ4n) is 1.43. The van der Waals surface area contributed by atoms with Crippen LogP contribution < -0.4 is 0 Å². The first-order chi connectivity index (χ1) is 8.49. The van der Waals surface area contributed by atoms with E-state index in [0.717, 1.165) is 0 Å². The second-order valence-electron chi connectivity index (χ2n) is 4.27. The maximum absolute atomic E-state index is 12.0. The van der Waals surface area contributed by atoms with Gasteiger partial charge in [-0.2, -0.15) is 5.10 Å². The first-order valence-corrected chi connectivity index (χ1v) is 5.61. The molecule has 0 aliphatic heterocycles. The van der Waals surface area contributed by atoms with E-state index in [0.29, 0.717) is 18.8 Å². The van der Waals surface area contributed by atoms with Crippen LogP contribution in [0, 0.1) is 0 Å². The highest BCUT2D eigenvalue weighted by molar-refractivity contribution is 5.82. The number of H-pyrrole nitrogens is 1. The number of hydrogen-bond donors (Lipinski definition) is 2. The van der Waals surface area contributed by atoms with Gasteiger partial charge in [0.05, 0.1) is 6.42 Å². The maximum Gasteiger partial charge on any atom is 0.323 e. The second-order valence-corrected chi connectivity index (χ2v) is 4.27. The minimum absolute atomic E-state index is 0.140. The van der Waals surface area contributed by atoms with Crippen LogP contribution in [-0.4, -0.2) is 70.7 Å². The van der Waals surface area contributed by atoms with Gasteiger partial charge in [-0.1, -0.05) is 0 Å². The lowest BCUT2D eigenvalue weighted by Crippen LogP contribution is -2.40. The minimum Gasteiger partial charge on any atom is -0.480 e. The van der Waals surface area contributed by atoms with Gasteiger partial charge in [-0.15, -0.1) is 0 Å². The Morgan fingerprint density at radius 3 is 2.61 bits per heavy atom. The Kier molecular flexibility index (Phi) is 5.31. The molecule has 0 spiro atoms. The zero-order valence-corrected chi connectivity index (χ0v) is 10.6. The van der Waals surface area contributed by atoms with Crippen LogP contribution in [0.3, 0.4) is 0 Å². The number of nitrogens with one attached hydrogen (secondary N) is 1. The summed E-state index contributed by atoms with van der Waals surface area (Å²) in [7, 11) is 3.75. The number of aromatic nitrogens is 2. The highest BCUT2D eigenvalue weighted by Crippen LogP contribution is 1.99. The van der Waals surface area contributed by atoms with Crippen molar-refractivity contribution < 1.29 is 14.7 Å². The first-order valence-electron chi connectivity index (χ1n) is 5.61. The van der Waals surface area contributed by atoms with Crippen LogP contribution in [0.4, 0.5) is 0 Å². The van der Waals surface area contributed by atoms with Gasteiger partial charge < -0.3 is 14.9 Å². The molecule has 0 aromatic carbocycles. The molecule has 2 N–H and O–H groups in total. The number of hydrogen-bond acceptors (Lipinski definition) is 4. The van der Waals surface area contributed by atoms with E-state index in [9.17, 15) is 9.59 Å². The van der Waals surface area contributed by atoms with Crippen molar-refractivity contribution in [3.8, 4) is 0 Å². The molecule has 1 aromatic heterocycles. The van der Waals surface area contributed by atoms with Gasteiger partial charge in [0.25, 0.3) is 0 Å². The monoisotopic (exact) mass is 254 g/mol. The fraction of sp³-hybridized carbons (Fsp3) is 0.545. The number of carboxylic acid groups (broad SMARTS) is 1. The number of amides is 1. The van der Waals surface area contributed by atoms with Crippen LogP contribution in [0.25, 0.3) is 0 Å². The molecule has 1 aromatic rings. The predicted molar refractivity (Wildman–Crippen MR) is 65.1 cm³/mol. The molecule has 0 saturated heterocycles. The van der Waals surface area contributed by atoms with E-state index in [1.165, 1.54) is 4.90 Å². The van der Waals surface area contributed by atoms with Gasteiger partial charge in [0.15, 0.2) is 0 Å². The van der Waals surface area contributed by atoms with Crippen molar-refractivity contribution in [2.24, 2.45) is 0 Å². The highest BCUT2D eigenvalue weighted by Gasteiger charge is 2.17. The molecule has 0 aliphatic rings. The van der Waals surface area contributed by atoms with Crippen molar-refractivity contribution in [2.45, 2.75) is 6.42 Å². The number of rotatable bonds is 7. The summed E-state index contributed by atoms with van der Waals surface area (Å²) in [5.41, 5.74) is 0.681. The molecule has 100 valence electrons. The standard InChI is InChI=1S/C11H18N4O3/c1-14(2)5-6-15(8-11(17)18)10(16)7-9-3-4-12-13-9/h3-4H,5-8H2,1-2H3,(H,12,13)(H,17,18). The van der Waals surface area contributed by atoms with Gasteiger partial charge in [-0.3, -0.25) is 14.7 Å². The van der Waals surface area contributed by atoms with Gasteiger partial charge in [0.2, 0.25) is 5.91 Å². The van der Waals surface area contributed by atoms with Crippen molar-refractivity contribution in [1.82, 2.24) is 20.0 Å². The molecule has 0 saturated carbocycles. The lowest BCUT2D eigenvalue weighted by Gasteiger charge is -2.22. The molecule has 0 aliphatic carbocycles. The Bertz CT molecular complexity index is 389. The fourth-order valence-corrected chi connectivity index (χ4v) is 1.43.